The number of halogens is 1. The number of likely N-dealkylation sites (N-methyl/N-ethyl adjacent to an activating group) is 1. The lowest BCUT2D eigenvalue weighted by Gasteiger charge is -2.14. The molecule has 0 heterocycles. The summed E-state index contributed by atoms with van der Waals surface area (Å²) in [5.74, 6) is 0. The quantitative estimate of drug-likeness (QED) is 0.687. The molecule has 1 unspecified atom stereocenters. The molecule has 0 fully saturated rings. The molecule has 1 atom stereocenters. The fourth-order valence-corrected chi connectivity index (χ4v) is 1.35. The summed E-state index contributed by atoms with van der Waals surface area (Å²) in [7, 11) is 1.70. The summed E-state index contributed by atoms with van der Waals surface area (Å²) in [5, 5.41) is 20.4. The van der Waals surface area contributed by atoms with Crippen LogP contribution >= 0.6 is 11.6 Å². The second-order valence-corrected chi connectivity index (χ2v) is 3.43. The van der Waals surface area contributed by atoms with Gasteiger partial charge < -0.3 is 15.8 Å². The van der Waals surface area contributed by atoms with E-state index in [0.29, 0.717) is 10.7 Å². The summed E-state index contributed by atoms with van der Waals surface area (Å²) in [6.07, 6.45) is 1.89. The molecule has 0 radical (unpaired) electrons. The Balaban J connectivity index is 2.92. The lowest BCUT2D eigenvalue weighted by atomic mass is 10.1. The molecule has 0 aliphatic rings. The van der Waals surface area contributed by atoms with Crippen LogP contribution in [0.1, 0.15) is 11.7 Å². The van der Waals surface area contributed by atoms with Crippen LogP contribution in [0.3, 0.4) is 0 Å². The molecule has 0 aliphatic heterocycles. The molecule has 0 aromatic heterocycles. The van der Waals surface area contributed by atoms with E-state index in [4.69, 9.17) is 17.0 Å². The predicted molar refractivity (Wildman–Crippen MR) is 62.3 cm³/mol. The summed E-state index contributed by atoms with van der Waals surface area (Å²) in [4.78, 5) is 0. The summed E-state index contributed by atoms with van der Waals surface area (Å²) in [6.45, 7) is 0. The first kappa shape index (κ1) is 11.8. The smallest absolute Gasteiger partial charge is 0.118 e. The van der Waals surface area contributed by atoms with Crippen LogP contribution in [0.2, 0.25) is 5.02 Å². The first-order chi connectivity index (χ1) is 7.19. The Hall–Kier alpha value is -1.32. The van der Waals surface area contributed by atoms with Crippen LogP contribution in [-0.4, -0.2) is 18.4 Å². The van der Waals surface area contributed by atoms with Crippen molar-refractivity contribution in [1.82, 2.24) is 5.32 Å². The molecule has 0 amide bonds. The second kappa shape index (κ2) is 5.53. The highest BCUT2D eigenvalue weighted by Crippen LogP contribution is 2.20. The number of benzene rings is 1. The van der Waals surface area contributed by atoms with Crippen molar-refractivity contribution in [2.45, 2.75) is 6.10 Å². The predicted octanol–water partition coefficient (Wildman–Crippen LogP) is 2.13. The van der Waals surface area contributed by atoms with E-state index in [-0.39, 0.29) is 0 Å². The van der Waals surface area contributed by atoms with Crippen molar-refractivity contribution in [2.24, 2.45) is 0 Å². The second-order valence-electron chi connectivity index (χ2n) is 2.99. The number of hydrogen-bond acceptors (Lipinski definition) is 3. The van der Waals surface area contributed by atoms with E-state index >= 15 is 0 Å². The molecule has 15 heavy (non-hydrogen) atoms. The van der Waals surface area contributed by atoms with Gasteiger partial charge in [-0.2, -0.15) is 0 Å². The third-order valence-corrected chi connectivity index (χ3v) is 2.28. The molecular formula is C11H13ClN2O. The minimum atomic E-state index is -0.756. The topological polar surface area (TPSA) is 56.1 Å². The molecule has 4 heteroatoms. The Morgan fingerprint density at radius 3 is 2.53 bits per heavy atom. The minimum absolute atomic E-state index is 0.576. The van der Waals surface area contributed by atoms with Gasteiger partial charge in [0.2, 0.25) is 0 Å². The van der Waals surface area contributed by atoms with Crippen LogP contribution in [0, 0.1) is 5.41 Å². The van der Waals surface area contributed by atoms with Crippen LogP contribution in [0.5, 0.6) is 0 Å². The molecule has 0 spiro atoms. The van der Waals surface area contributed by atoms with Crippen molar-refractivity contribution in [1.29, 1.82) is 5.41 Å². The van der Waals surface area contributed by atoms with Gasteiger partial charge in [-0.3, -0.25) is 0 Å². The Morgan fingerprint density at radius 2 is 2.07 bits per heavy atom. The first-order valence-corrected chi connectivity index (χ1v) is 4.88. The van der Waals surface area contributed by atoms with E-state index in [2.05, 4.69) is 5.32 Å². The Labute approximate surface area is 93.9 Å². The fraction of sp³-hybridized carbons (Fsp3) is 0.182. The van der Waals surface area contributed by atoms with E-state index < -0.39 is 6.10 Å². The normalized spacial score (nSPS) is 13.4. The Morgan fingerprint density at radius 1 is 1.47 bits per heavy atom. The molecule has 1 aromatic rings. The Kier molecular flexibility index (Phi) is 4.34. The first-order valence-electron chi connectivity index (χ1n) is 4.51. The van der Waals surface area contributed by atoms with E-state index in [1.165, 1.54) is 6.08 Å². The van der Waals surface area contributed by atoms with E-state index in [1.54, 1.807) is 31.3 Å². The maximum absolute atomic E-state index is 9.93. The van der Waals surface area contributed by atoms with Crippen molar-refractivity contribution in [3.05, 3.63) is 46.6 Å². The minimum Gasteiger partial charge on any atom is -0.389 e. The molecule has 0 aliphatic carbocycles. The molecule has 3 nitrogen and oxygen atoms in total. The van der Waals surface area contributed by atoms with Gasteiger partial charge in [0, 0.05) is 24.0 Å². The number of hydrogen-bond donors (Lipinski definition) is 3. The zero-order chi connectivity index (χ0) is 11.3. The van der Waals surface area contributed by atoms with Crippen LogP contribution in [0.4, 0.5) is 0 Å². The van der Waals surface area contributed by atoms with Gasteiger partial charge >= 0.3 is 0 Å². The summed E-state index contributed by atoms with van der Waals surface area (Å²) in [5.41, 5.74) is 1.31. The van der Waals surface area contributed by atoms with Gasteiger partial charge in [-0.05, 0) is 23.8 Å². The molecule has 3 N–H and O–H groups in total. The molecule has 1 aromatic carbocycles. The SMILES string of the molecule is CN/C(=C\C=N)C(O)c1ccc(Cl)cc1. The monoisotopic (exact) mass is 224 g/mol. The van der Waals surface area contributed by atoms with E-state index in [1.807, 2.05) is 0 Å². The number of aliphatic hydroxyl groups is 1. The average Bonchev–Trinajstić information content (AvgIpc) is 2.26. The molecule has 0 saturated carbocycles. The molecule has 0 saturated heterocycles. The zero-order valence-corrected chi connectivity index (χ0v) is 9.12. The molecular weight excluding hydrogens is 212 g/mol. The number of rotatable bonds is 4. The Bertz CT molecular complexity index is 359. The summed E-state index contributed by atoms with van der Waals surface area (Å²) >= 11 is 5.74. The van der Waals surface area contributed by atoms with Gasteiger partial charge in [-0.25, -0.2) is 0 Å². The van der Waals surface area contributed by atoms with Crippen molar-refractivity contribution in [3.63, 3.8) is 0 Å². The fourth-order valence-electron chi connectivity index (χ4n) is 1.23. The summed E-state index contributed by atoms with van der Waals surface area (Å²) in [6, 6.07) is 6.94. The van der Waals surface area contributed by atoms with Crippen LogP contribution in [0.15, 0.2) is 36.0 Å². The van der Waals surface area contributed by atoms with Gasteiger partial charge in [0.15, 0.2) is 0 Å². The highest BCUT2D eigenvalue weighted by atomic mass is 35.5. The maximum Gasteiger partial charge on any atom is 0.118 e. The van der Waals surface area contributed by atoms with Crippen molar-refractivity contribution >= 4 is 17.8 Å². The van der Waals surface area contributed by atoms with Crippen molar-refractivity contribution in [2.75, 3.05) is 7.05 Å². The van der Waals surface area contributed by atoms with E-state index in [0.717, 1.165) is 11.8 Å². The van der Waals surface area contributed by atoms with E-state index in [9.17, 15) is 5.11 Å². The lowest BCUT2D eigenvalue weighted by molar-refractivity contribution is 0.208. The van der Waals surface area contributed by atoms with Gasteiger partial charge in [-0.1, -0.05) is 23.7 Å². The maximum atomic E-state index is 9.93. The van der Waals surface area contributed by atoms with Crippen LogP contribution < -0.4 is 5.32 Å². The number of allylic oxidation sites excluding steroid dienone is 1. The van der Waals surface area contributed by atoms with Gasteiger partial charge in [0.25, 0.3) is 0 Å². The summed E-state index contributed by atoms with van der Waals surface area (Å²) < 4.78 is 0. The number of nitrogens with one attached hydrogen (secondary N) is 2. The van der Waals surface area contributed by atoms with Gasteiger partial charge in [-0.15, -0.1) is 0 Å². The standard InChI is InChI=1S/C11H13ClN2O/c1-14-10(6-7-13)11(15)8-2-4-9(12)5-3-8/h2-7,11,13-15H,1H3/b10-6-,13-7?. The molecule has 80 valence electrons. The van der Waals surface area contributed by atoms with Crippen molar-refractivity contribution in [3.8, 4) is 0 Å². The van der Waals surface area contributed by atoms with Gasteiger partial charge in [0.05, 0.1) is 0 Å². The number of aliphatic hydroxyl groups excluding tert-OH is 1. The molecule has 0 bridgehead atoms. The lowest BCUT2D eigenvalue weighted by Crippen LogP contribution is -2.14. The average molecular weight is 225 g/mol. The third-order valence-electron chi connectivity index (χ3n) is 2.03. The third kappa shape index (κ3) is 3.08. The van der Waals surface area contributed by atoms with Crippen LogP contribution in [-0.2, 0) is 0 Å². The van der Waals surface area contributed by atoms with Gasteiger partial charge in [0.1, 0.15) is 6.10 Å². The van der Waals surface area contributed by atoms with Crippen LogP contribution in [0.25, 0.3) is 0 Å². The molecule has 1 rings (SSSR count). The highest BCUT2D eigenvalue weighted by Gasteiger charge is 2.11. The zero-order valence-electron chi connectivity index (χ0n) is 8.37. The largest absolute Gasteiger partial charge is 0.389 e. The van der Waals surface area contributed by atoms with Crippen molar-refractivity contribution < 1.29 is 5.11 Å². The highest BCUT2D eigenvalue weighted by molar-refractivity contribution is 6.30.